The molecular formula is C15H24N4O6S. The summed E-state index contributed by atoms with van der Waals surface area (Å²) < 4.78 is 24.8. The molecule has 2 aliphatic rings. The van der Waals surface area contributed by atoms with Gasteiger partial charge in [0.25, 0.3) is 0 Å². The molecule has 2 aliphatic heterocycles. The molecule has 0 aliphatic carbocycles. The van der Waals surface area contributed by atoms with E-state index in [0.29, 0.717) is 17.1 Å². The van der Waals surface area contributed by atoms with Crippen LogP contribution in [0.4, 0.5) is 4.79 Å². The average molecular weight is 388 g/mol. The second-order valence-corrected chi connectivity index (χ2v) is 8.78. The van der Waals surface area contributed by atoms with Crippen LogP contribution in [0.1, 0.15) is 33.1 Å². The fraction of sp³-hybridized carbons (Fsp3) is 0.733. The minimum Gasteiger partial charge on any atom is -0.368 e. The maximum Gasteiger partial charge on any atom is 0.341 e. The van der Waals surface area contributed by atoms with Crippen LogP contribution in [0.15, 0.2) is 0 Å². The number of carbonyl (C=O) groups is 4. The molecule has 0 saturated carbocycles. The quantitative estimate of drug-likeness (QED) is 0.662. The van der Waals surface area contributed by atoms with Gasteiger partial charge in [-0.2, -0.15) is 0 Å². The maximum atomic E-state index is 12.8. The molecule has 0 aromatic rings. The van der Waals surface area contributed by atoms with Gasteiger partial charge in [0.1, 0.15) is 12.1 Å². The molecule has 0 aromatic carbocycles. The number of likely N-dealkylation sites (tertiary alicyclic amines) is 2. The summed E-state index contributed by atoms with van der Waals surface area (Å²) in [5.41, 5.74) is 5.30. The van der Waals surface area contributed by atoms with Crippen molar-refractivity contribution in [1.29, 1.82) is 0 Å². The Morgan fingerprint density at radius 3 is 2.38 bits per heavy atom. The van der Waals surface area contributed by atoms with E-state index in [4.69, 9.17) is 5.73 Å². The summed E-state index contributed by atoms with van der Waals surface area (Å²) in [6.07, 6.45) is 1.89. The molecule has 0 radical (unpaired) electrons. The Morgan fingerprint density at radius 2 is 1.92 bits per heavy atom. The molecule has 11 heteroatoms. The van der Waals surface area contributed by atoms with Crippen molar-refractivity contribution in [2.45, 2.75) is 45.2 Å². The Hall–Kier alpha value is -2.17. The zero-order valence-electron chi connectivity index (χ0n) is 15.0. The molecule has 5 amide bonds. The predicted molar refractivity (Wildman–Crippen MR) is 91.0 cm³/mol. The fourth-order valence-electron chi connectivity index (χ4n) is 3.45. The first-order chi connectivity index (χ1) is 11.9. The third kappa shape index (κ3) is 3.81. The first kappa shape index (κ1) is 20.1. The van der Waals surface area contributed by atoms with E-state index in [1.807, 2.05) is 0 Å². The van der Waals surface area contributed by atoms with Crippen LogP contribution in [0.25, 0.3) is 0 Å². The third-order valence-electron chi connectivity index (χ3n) is 4.67. The van der Waals surface area contributed by atoms with Crippen LogP contribution in [-0.2, 0) is 24.4 Å². The van der Waals surface area contributed by atoms with Crippen LogP contribution in [0.5, 0.6) is 0 Å². The van der Waals surface area contributed by atoms with E-state index in [-0.39, 0.29) is 25.4 Å². The topological polar surface area (TPSA) is 138 Å². The molecule has 10 nitrogen and oxygen atoms in total. The molecule has 26 heavy (non-hydrogen) atoms. The third-order valence-corrected chi connectivity index (χ3v) is 5.86. The van der Waals surface area contributed by atoms with Crippen LogP contribution in [0.3, 0.4) is 0 Å². The molecule has 2 heterocycles. The van der Waals surface area contributed by atoms with Gasteiger partial charge in [-0.25, -0.2) is 17.5 Å². The van der Waals surface area contributed by atoms with E-state index >= 15 is 0 Å². The van der Waals surface area contributed by atoms with Crippen molar-refractivity contribution in [3.05, 3.63) is 0 Å². The molecule has 2 rings (SSSR count). The molecule has 2 N–H and O–H groups in total. The van der Waals surface area contributed by atoms with Crippen LogP contribution < -0.4 is 5.73 Å². The number of primary amides is 1. The first-order valence-corrected chi connectivity index (χ1v) is 10.2. The summed E-state index contributed by atoms with van der Waals surface area (Å²) >= 11 is 0. The maximum absolute atomic E-state index is 12.8. The lowest BCUT2D eigenvalue weighted by Crippen LogP contribution is -2.57. The normalized spacial score (nSPS) is 24.7. The minimum atomic E-state index is -4.13. The number of hydrogen-bond donors (Lipinski definition) is 1. The molecule has 3 atom stereocenters. The Kier molecular flexibility index (Phi) is 5.59. The number of sulfonamides is 1. The van der Waals surface area contributed by atoms with Gasteiger partial charge >= 0.3 is 6.03 Å². The number of rotatable bonds is 4. The molecule has 0 spiro atoms. The average Bonchev–Trinajstić information content (AvgIpc) is 3.11. The van der Waals surface area contributed by atoms with Crippen molar-refractivity contribution in [2.75, 3.05) is 19.3 Å². The number of carbonyl (C=O) groups excluding carboxylic acids is 4. The predicted octanol–water partition coefficient (Wildman–Crippen LogP) is -0.899. The van der Waals surface area contributed by atoms with Gasteiger partial charge in [0.15, 0.2) is 0 Å². The number of urea groups is 1. The molecule has 0 bridgehead atoms. The Bertz CT molecular complexity index is 736. The van der Waals surface area contributed by atoms with Gasteiger partial charge < -0.3 is 10.6 Å². The highest BCUT2D eigenvalue weighted by Crippen LogP contribution is 2.24. The number of nitrogens with zero attached hydrogens (tertiary/aromatic N) is 3. The highest BCUT2D eigenvalue weighted by molar-refractivity contribution is 7.88. The molecular weight excluding hydrogens is 364 g/mol. The van der Waals surface area contributed by atoms with Gasteiger partial charge in [-0.05, 0) is 25.7 Å². The van der Waals surface area contributed by atoms with E-state index < -0.39 is 45.9 Å². The lowest BCUT2D eigenvalue weighted by molar-refractivity contribution is -0.139. The van der Waals surface area contributed by atoms with Gasteiger partial charge in [0.2, 0.25) is 27.7 Å². The minimum absolute atomic E-state index is 0.0864. The molecule has 0 aromatic heterocycles. The summed E-state index contributed by atoms with van der Waals surface area (Å²) in [5, 5.41) is 0. The van der Waals surface area contributed by atoms with Crippen LogP contribution >= 0.6 is 0 Å². The first-order valence-electron chi connectivity index (χ1n) is 8.38. The van der Waals surface area contributed by atoms with Gasteiger partial charge in [0.05, 0.1) is 6.26 Å². The number of amides is 5. The highest BCUT2D eigenvalue weighted by Gasteiger charge is 2.44. The summed E-state index contributed by atoms with van der Waals surface area (Å²) in [6.45, 7) is 3.38. The SMILES string of the molecule is CC1CC(=O)N(C(=O)N(C(C)C(=O)N2CCC[C@H]2C(N)=O)S(C)(=O)=O)C1. The van der Waals surface area contributed by atoms with Crippen LogP contribution in [0, 0.1) is 5.92 Å². The summed E-state index contributed by atoms with van der Waals surface area (Å²) in [5.74, 6) is -1.93. The Morgan fingerprint density at radius 1 is 1.31 bits per heavy atom. The zero-order valence-corrected chi connectivity index (χ0v) is 15.9. The van der Waals surface area contributed by atoms with Crippen LogP contribution in [0.2, 0.25) is 0 Å². The second kappa shape index (κ2) is 7.22. The van der Waals surface area contributed by atoms with Crippen molar-refractivity contribution >= 4 is 33.8 Å². The molecule has 2 saturated heterocycles. The lowest BCUT2D eigenvalue weighted by atomic mass is 10.2. The Labute approximate surface area is 152 Å². The monoisotopic (exact) mass is 388 g/mol. The van der Waals surface area contributed by atoms with E-state index in [9.17, 15) is 27.6 Å². The number of nitrogens with two attached hydrogens (primary N) is 1. The van der Waals surface area contributed by atoms with E-state index in [0.717, 1.165) is 11.2 Å². The van der Waals surface area contributed by atoms with Gasteiger partial charge in [-0.1, -0.05) is 6.92 Å². The number of imide groups is 1. The Balaban J connectivity index is 2.29. The van der Waals surface area contributed by atoms with Crippen molar-refractivity contribution < 1.29 is 27.6 Å². The largest absolute Gasteiger partial charge is 0.368 e. The van der Waals surface area contributed by atoms with Gasteiger partial charge in [-0.3, -0.25) is 19.3 Å². The van der Waals surface area contributed by atoms with Gasteiger partial charge in [0, 0.05) is 19.5 Å². The van der Waals surface area contributed by atoms with E-state index in [1.54, 1.807) is 6.92 Å². The standard InChI is InChI=1S/C15H24N4O6S/c1-9-7-12(20)18(8-9)15(23)19(26(3,24)25)10(2)14(22)17-6-4-5-11(17)13(16)21/h9-11H,4-8H2,1-3H3,(H2,16,21)/t9?,10?,11-/m0/s1. The summed E-state index contributed by atoms with van der Waals surface area (Å²) in [4.78, 5) is 51.0. The fourth-order valence-corrected chi connectivity index (χ4v) is 4.50. The van der Waals surface area contributed by atoms with E-state index in [1.165, 1.54) is 11.8 Å². The van der Waals surface area contributed by atoms with Crippen molar-refractivity contribution in [1.82, 2.24) is 14.1 Å². The summed E-state index contributed by atoms with van der Waals surface area (Å²) in [7, 11) is -4.13. The highest BCUT2D eigenvalue weighted by atomic mass is 32.2. The summed E-state index contributed by atoms with van der Waals surface area (Å²) in [6, 6.07) is -3.26. The molecule has 146 valence electrons. The second-order valence-electron chi connectivity index (χ2n) is 6.92. The lowest BCUT2D eigenvalue weighted by Gasteiger charge is -2.33. The van der Waals surface area contributed by atoms with Crippen molar-refractivity contribution in [2.24, 2.45) is 11.7 Å². The number of hydrogen-bond acceptors (Lipinski definition) is 6. The van der Waals surface area contributed by atoms with E-state index in [2.05, 4.69) is 0 Å². The van der Waals surface area contributed by atoms with Crippen LogP contribution in [-0.4, -0.2) is 77.7 Å². The van der Waals surface area contributed by atoms with Gasteiger partial charge in [-0.15, -0.1) is 0 Å². The zero-order chi connectivity index (χ0) is 19.8. The smallest absolute Gasteiger partial charge is 0.341 e. The van der Waals surface area contributed by atoms with Crippen molar-refractivity contribution in [3.8, 4) is 0 Å². The molecule has 2 unspecified atom stereocenters. The van der Waals surface area contributed by atoms with Crippen molar-refractivity contribution in [3.63, 3.8) is 0 Å². The molecule has 2 fully saturated rings.